The molecule has 21 heavy (non-hydrogen) atoms. The number of carbonyl (C=O) groups excluding carboxylic acids is 2. The van der Waals surface area contributed by atoms with Gasteiger partial charge in [0.25, 0.3) is 0 Å². The third-order valence-electron chi connectivity index (χ3n) is 3.97. The lowest BCUT2D eigenvalue weighted by molar-refractivity contribution is -0.159. The first-order valence-corrected chi connectivity index (χ1v) is 7.55. The quantitative estimate of drug-likeness (QED) is 0.631. The average molecular weight is 290 g/mol. The monoisotopic (exact) mass is 290 g/mol. The number of ether oxygens (including phenoxy) is 2. The van der Waals surface area contributed by atoms with Crippen LogP contribution in [0.5, 0.6) is 5.75 Å². The molecule has 1 aliphatic rings. The van der Waals surface area contributed by atoms with Crippen molar-refractivity contribution in [2.75, 3.05) is 6.61 Å². The zero-order valence-corrected chi connectivity index (χ0v) is 12.6. The Labute approximate surface area is 125 Å². The van der Waals surface area contributed by atoms with Gasteiger partial charge in [0.15, 0.2) is 0 Å². The molecule has 114 valence electrons. The van der Waals surface area contributed by atoms with Crippen molar-refractivity contribution in [1.29, 1.82) is 0 Å². The van der Waals surface area contributed by atoms with Gasteiger partial charge in [-0.1, -0.05) is 25.1 Å². The highest BCUT2D eigenvalue weighted by atomic mass is 16.5. The number of carbonyl (C=O) groups is 2. The van der Waals surface area contributed by atoms with Gasteiger partial charge in [-0.05, 0) is 44.2 Å². The molecule has 1 aromatic carbocycles. The Hall–Kier alpha value is -1.84. The fourth-order valence-electron chi connectivity index (χ4n) is 2.85. The average Bonchev–Trinajstić information content (AvgIpc) is 2.48. The Kier molecular flexibility index (Phi) is 5.37. The topological polar surface area (TPSA) is 52.6 Å². The van der Waals surface area contributed by atoms with Crippen LogP contribution in [0.1, 0.15) is 33.1 Å². The summed E-state index contributed by atoms with van der Waals surface area (Å²) in [5.41, 5.74) is 0. The van der Waals surface area contributed by atoms with Crippen LogP contribution in [-0.4, -0.2) is 18.5 Å². The van der Waals surface area contributed by atoms with E-state index in [2.05, 4.69) is 6.92 Å². The van der Waals surface area contributed by atoms with Crippen LogP contribution in [-0.2, 0) is 14.3 Å². The molecule has 0 N–H and O–H groups in total. The van der Waals surface area contributed by atoms with E-state index in [0.29, 0.717) is 31.1 Å². The van der Waals surface area contributed by atoms with Gasteiger partial charge in [0.05, 0.1) is 18.4 Å². The number of hydrogen-bond donors (Lipinski definition) is 0. The Morgan fingerprint density at radius 3 is 2.48 bits per heavy atom. The van der Waals surface area contributed by atoms with Gasteiger partial charge in [-0.2, -0.15) is 0 Å². The predicted molar refractivity (Wildman–Crippen MR) is 78.7 cm³/mol. The molecule has 2 rings (SSSR count). The molecule has 0 bridgehead atoms. The van der Waals surface area contributed by atoms with Crippen molar-refractivity contribution < 1.29 is 19.1 Å². The zero-order chi connectivity index (χ0) is 15.2. The summed E-state index contributed by atoms with van der Waals surface area (Å²) in [5.74, 6) is -0.445. The minimum Gasteiger partial charge on any atom is -0.466 e. The van der Waals surface area contributed by atoms with E-state index < -0.39 is 5.92 Å². The molecule has 4 nitrogen and oxygen atoms in total. The highest BCUT2D eigenvalue weighted by molar-refractivity contribution is 5.83. The minimum atomic E-state index is -0.402. The first-order chi connectivity index (χ1) is 10.1. The molecule has 4 heteroatoms. The van der Waals surface area contributed by atoms with Crippen molar-refractivity contribution in [2.45, 2.75) is 33.1 Å². The lowest BCUT2D eigenvalue weighted by Crippen LogP contribution is -2.38. The van der Waals surface area contributed by atoms with E-state index >= 15 is 0 Å². The number of hydrogen-bond acceptors (Lipinski definition) is 4. The third kappa shape index (κ3) is 4.06. The molecule has 0 radical (unpaired) electrons. The van der Waals surface area contributed by atoms with Gasteiger partial charge < -0.3 is 9.47 Å². The Bertz CT molecular complexity index is 483. The van der Waals surface area contributed by atoms with E-state index in [1.165, 1.54) is 0 Å². The Morgan fingerprint density at radius 1 is 1.10 bits per heavy atom. The highest BCUT2D eigenvalue weighted by Crippen LogP contribution is 2.35. The van der Waals surface area contributed by atoms with Gasteiger partial charge in [0.2, 0.25) is 0 Å². The van der Waals surface area contributed by atoms with Crippen LogP contribution in [0.2, 0.25) is 0 Å². The van der Waals surface area contributed by atoms with Crippen LogP contribution in [0, 0.1) is 17.8 Å². The normalized spacial score (nSPS) is 25.1. The van der Waals surface area contributed by atoms with E-state index in [-0.39, 0.29) is 17.9 Å². The molecule has 1 aliphatic carbocycles. The molecule has 1 fully saturated rings. The van der Waals surface area contributed by atoms with Crippen LogP contribution >= 0.6 is 0 Å². The lowest BCUT2D eigenvalue weighted by atomic mass is 9.74. The maximum atomic E-state index is 12.4. The van der Waals surface area contributed by atoms with E-state index in [1.807, 2.05) is 18.2 Å². The van der Waals surface area contributed by atoms with Crippen LogP contribution in [0.15, 0.2) is 30.3 Å². The van der Waals surface area contributed by atoms with Crippen LogP contribution < -0.4 is 4.74 Å². The number of rotatable bonds is 4. The molecule has 0 aliphatic heterocycles. The Morgan fingerprint density at radius 2 is 1.81 bits per heavy atom. The van der Waals surface area contributed by atoms with E-state index in [9.17, 15) is 9.59 Å². The summed E-state index contributed by atoms with van der Waals surface area (Å²) in [7, 11) is 0. The first kappa shape index (κ1) is 15.5. The van der Waals surface area contributed by atoms with Crippen LogP contribution in [0.4, 0.5) is 0 Å². The lowest BCUT2D eigenvalue weighted by Gasteiger charge is -2.31. The summed E-state index contributed by atoms with van der Waals surface area (Å²) < 4.78 is 10.5. The first-order valence-electron chi connectivity index (χ1n) is 7.55. The molecule has 0 amide bonds. The molecule has 3 atom stereocenters. The van der Waals surface area contributed by atoms with Gasteiger partial charge in [-0.3, -0.25) is 9.59 Å². The summed E-state index contributed by atoms with van der Waals surface area (Å²) in [5, 5.41) is 0. The summed E-state index contributed by atoms with van der Waals surface area (Å²) in [6.07, 6.45) is 2.30. The molecule has 3 unspecified atom stereocenters. The number of esters is 2. The van der Waals surface area contributed by atoms with Crippen molar-refractivity contribution in [3.63, 3.8) is 0 Å². The number of para-hydroxylation sites is 1. The zero-order valence-electron chi connectivity index (χ0n) is 12.6. The molecule has 0 spiro atoms. The number of benzene rings is 1. The molecular formula is C17H22O4. The molecular weight excluding hydrogens is 268 g/mol. The maximum Gasteiger partial charge on any atom is 0.315 e. The van der Waals surface area contributed by atoms with Crippen molar-refractivity contribution in [2.24, 2.45) is 17.8 Å². The smallest absolute Gasteiger partial charge is 0.315 e. The molecule has 0 heterocycles. The van der Waals surface area contributed by atoms with Gasteiger partial charge in [0.1, 0.15) is 5.75 Å². The largest absolute Gasteiger partial charge is 0.466 e. The predicted octanol–water partition coefficient (Wildman–Crippen LogP) is 3.21. The van der Waals surface area contributed by atoms with E-state index in [1.54, 1.807) is 19.1 Å². The SMILES string of the molecule is CCOC(=O)C1CC(C)CCC1C(=O)Oc1ccccc1. The standard InChI is InChI=1S/C17H22O4/c1-3-20-16(18)15-11-12(2)9-10-14(15)17(19)21-13-7-5-4-6-8-13/h4-8,12,14-15H,3,9-11H2,1-2H3. The van der Waals surface area contributed by atoms with Gasteiger partial charge in [-0.25, -0.2) is 0 Å². The fraction of sp³-hybridized carbons (Fsp3) is 0.529. The van der Waals surface area contributed by atoms with Crippen LogP contribution in [0.3, 0.4) is 0 Å². The van der Waals surface area contributed by atoms with Crippen molar-refractivity contribution in [3.05, 3.63) is 30.3 Å². The molecule has 1 aromatic rings. The molecule has 0 aromatic heterocycles. The van der Waals surface area contributed by atoms with Gasteiger partial charge >= 0.3 is 11.9 Å². The van der Waals surface area contributed by atoms with Crippen molar-refractivity contribution in [3.8, 4) is 5.75 Å². The van der Waals surface area contributed by atoms with E-state index in [4.69, 9.17) is 9.47 Å². The third-order valence-corrected chi connectivity index (χ3v) is 3.97. The summed E-state index contributed by atoms with van der Waals surface area (Å²) in [6, 6.07) is 8.97. The van der Waals surface area contributed by atoms with Crippen LogP contribution in [0.25, 0.3) is 0 Å². The van der Waals surface area contributed by atoms with Gasteiger partial charge in [0, 0.05) is 0 Å². The van der Waals surface area contributed by atoms with Crippen molar-refractivity contribution >= 4 is 11.9 Å². The summed E-state index contributed by atoms with van der Waals surface area (Å²) >= 11 is 0. The molecule has 0 saturated heterocycles. The Balaban J connectivity index is 2.07. The second-order valence-corrected chi connectivity index (χ2v) is 5.62. The molecule has 1 saturated carbocycles. The highest BCUT2D eigenvalue weighted by Gasteiger charge is 2.40. The maximum absolute atomic E-state index is 12.4. The second-order valence-electron chi connectivity index (χ2n) is 5.62. The second kappa shape index (κ2) is 7.25. The van der Waals surface area contributed by atoms with Crippen molar-refractivity contribution in [1.82, 2.24) is 0 Å². The minimum absolute atomic E-state index is 0.279. The van der Waals surface area contributed by atoms with E-state index in [0.717, 1.165) is 6.42 Å². The van der Waals surface area contributed by atoms with Gasteiger partial charge in [-0.15, -0.1) is 0 Å². The summed E-state index contributed by atoms with van der Waals surface area (Å²) in [6.45, 7) is 4.22. The summed E-state index contributed by atoms with van der Waals surface area (Å²) in [4.78, 5) is 24.4. The fourth-order valence-corrected chi connectivity index (χ4v) is 2.85.